The third kappa shape index (κ3) is 1.78. The van der Waals surface area contributed by atoms with Gasteiger partial charge in [-0.05, 0) is 37.8 Å². The predicted molar refractivity (Wildman–Crippen MR) is 57.0 cm³/mol. The van der Waals surface area contributed by atoms with Gasteiger partial charge in [0.1, 0.15) is 5.82 Å². The Balaban J connectivity index is 2.09. The van der Waals surface area contributed by atoms with Gasteiger partial charge in [-0.1, -0.05) is 0 Å². The zero-order valence-electron chi connectivity index (χ0n) is 8.64. The molecule has 0 amide bonds. The van der Waals surface area contributed by atoms with Crippen LogP contribution in [-0.4, -0.2) is 23.3 Å². The Morgan fingerprint density at radius 1 is 1.43 bits per heavy atom. The molecule has 1 atom stereocenters. The van der Waals surface area contributed by atoms with Crippen molar-refractivity contribution < 1.29 is 0 Å². The molecule has 0 aromatic carbocycles. The molecule has 1 heterocycles. The molecule has 14 heavy (non-hydrogen) atoms. The molecule has 0 radical (unpaired) electrons. The Labute approximate surface area is 84.1 Å². The van der Waals surface area contributed by atoms with Crippen LogP contribution in [0.25, 0.3) is 0 Å². The highest BCUT2D eigenvalue weighted by atomic mass is 15.3. The van der Waals surface area contributed by atoms with Gasteiger partial charge in [0, 0.05) is 13.1 Å². The van der Waals surface area contributed by atoms with Gasteiger partial charge in [0.2, 0.25) is 0 Å². The van der Waals surface area contributed by atoms with Gasteiger partial charge in [-0.15, -0.1) is 10.2 Å². The van der Waals surface area contributed by atoms with Crippen LogP contribution in [0.4, 0.5) is 11.6 Å². The lowest BCUT2D eigenvalue weighted by molar-refractivity contribution is 0.601. The van der Waals surface area contributed by atoms with Crippen molar-refractivity contribution in [3.63, 3.8) is 0 Å². The van der Waals surface area contributed by atoms with Crippen molar-refractivity contribution in [3.8, 4) is 0 Å². The second-order valence-electron chi connectivity index (χ2n) is 4.01. The molecule has 4 heteroatoms. The summed E-state index contributed by atoms with van der Waals surface area (Å²) >= 11 is 0. The van der Waals surface area contributed by atoms with Gasteiger partial charge in [-0.25, -0.2) is 0 Å². The number of hydrogen-bond donors (Lipinski definition) is 1. The molecule has 76 valence electrons. The number of nitrogens with two attached hydrogens (primary N) is 1. The van der Waals surface area contributed by atoms with E-state index in [1.54, 1.807) is 6.07 Å². The molecule has 1 unspecified atom stereocenters. The van der Waals surface area contributed by atoms with Gasteiger partial charge >= 0.3 is 0 Å². The van der Waals surface area contributed by atoms with E-state index < -0.39 is 0 Å². The Bertz CT molecular complexity index is 304. The van der Waals surface area contributed by atoms with Crippen LogP contribution in [-0.2, 0) is 0 Å². The average Bonchev–Trinajstić information content (AvgIpc) is 3.00. The fraction of sp³-hybridized carbons (Fsp3) is 0.600. The van der Waals surface area contributed by atoms with Crippen LogP contribution < -0.4 is 10.6 Å². The first-order chi connectivity index (χ1) is 6.68. The molecular weight excluding hydrogens is 176 g/mol. The zero-order chi connectivity index (χ0) is 10.1. The van der Waals surface area contributed by atoms with E-state index >= 15 is 0 Å². The van der Waals surface area contributed by atoms with Crippen molar-refractivity contribution >= 4 is 11.6 Å². The molecule has 4 nitrogen and oxygen atoms in total. The quantitative estimate of drug-likeness (QED) is 0.784. The monoisotopic (exact) mass is 192 g/mol. The standard InChI is InChI=1S/C10H16N4/c1-7(8-3-4-8)14(2)10-6-5-9(11)12-13-10/h5-8H,3-4H2,1-2H3,(H2,11,12). The largest absolute Gasteiger partial charge is 0.382 e. The second kappa shape index (κ2) is 3.44. The minimum absolute atomic E-state index is 0.473. The van der Waals surface area contributed by atoms with Crippen molar-refractivity contribution in [3.05, 3.63) is 12.1 Å². The molecule has 0 bridgehead atoms. The second-order valence-corrected chi connectivity index (χ2v) is 4.01. The van der Waals surface area contributed by atoms with E-state index in [-0.39, 0.29) is 0 Å². The lowest BCUT2D eigenvalue weighted by Crippen LogP contribution is -2.31. The van der Waals surface area contributed by atoms with E-state index in [9.17, 15) is 0 Å². The van der Waals surface area contributed by atoms with Crippen LogP contribution >= 0.6 is 0 Å². The molecule has 0 saturated heterocycles. The first-order valence-corrected chi connectivity index (χ1v) is 5.00. The van der Waals surface area contributed by atoms with Gasteiger partial charge in [-0.2, -0.15) is 0 Å². The number of aromatic nitrogens is 2. The average molecular weight is 192 g/mol. The Hall–Kier alpha value is -1.32. The summed E-state index contributed by atoms with van der Waals surface area (Å²) in [6.07, 6.45) is 2.68. The van der Waals surface area contributed by atoms with E-state index in [4.69, 9.17) is 5.73 Å². The summed E-state index contributed by atoms with van der Waals surface area (Å²) < 4.78 is 0. The Kier molecular flexibility index (Phi) is 2.27. The van der Waals surface area contributed by atoms with E-state index in [2.05, 4.69) is 29.1 Å². The fourth-order valence-electron chi connectivity index (χ4n) is 1.63. The maximum Gasteiger partial charge on any atom is 0.151 e. The minimum atomic E-state index is 0.473. The van der Waals surface area contributed by atoms with Gasteiger partial charge in [0.15, 0.2) is 5.82 Å². The smallest absolute Gasteiger partial charge is 0.151 e. The SMILES string of the molecule is CC(C1CC1)N(C)c1ccc(N)nn1. The highest BCUT2D eigenvalue weighted by Gasteiger charge is 2.31. The highest BCUT2D eigenvalue weighted by molar-refractivity contribution is 5.41. The lowest BCUT2D eigenvalue weighted by atomic mass is 10.2. The summed E-state index contributed by atoms with van der Waals surface area (Å²) in [7, 11) is 2.06. The summed E-state index contributed by atoms with van der Waals surface area (Å²) in [5.74, 6) is 2.21. The molecule has 1 aliphatic carbocycles. The minimum Gasteiger partial charge on any atom is -0.382 e. The summed E-state index contributed by atoms with van der Waals surface area (Å²) in [5.41, 5.74) is 5.48. The van der Waals surface area contributed by atoms with Gasteiger partial charge in [0.25, 0.3) is 0 Å². The molecule has 2 rings (SSSR count). The van der Waals surface area contributed by atoms with Crippen molar-refractivity contribution in [2.24, 2.45) is 5.92 Å². The van der Waals surface area contributed by atoms with Crippen molar-refractivity contribution in [1.29, 1.82) is 0 Å². The highest BCUT2D eigenvalue weighted by Crippen LogP contribution is 2.35. The van der Waals surface area contributed by atoms with Crippen molar-refractivity contribution in [2.45, 2.75) is 25.8 Å². The van der Waals surface area contributed by atoms with E-state index in [1.165, 1.54) is 12.8 Å². The van der Waals surface area contributed by atoms with Gasteiger partial charge < -0.3 is 10.6 Å². The molecule has 1 aromatic rings. The zero-order valence-corrected chi connectivity index (χ0v) is 8.64. The topological polar surface area (TPSA) is 55.0 Å². The van der Waals surface area contributed by atoms with Gasteiger partial charge in [-0.3, -0.25) is 0 Å². The Morgan fingerprint density at radius 2 is 2.14 bits per heavy atom. The molecule has 1 aromatic heterocycles. The maximum atomic E-state index is 5.48. The van der Waals surface area contributed by atoms with E-state index in [0.29, 0.717) is 11.9 Å². The molecule has 0 aliphatic heterocycles. The summed E-state index contributed by atoms with van der Waals surface area (Å²) in [5, 5.41) is 7.91. The fourth-order valence-corrected chi connectivity index (χ4v) is 1.63. The number of anilines is 2. The van der Waals surface area contributed by atoms with Crippen LogP contribution in [0.3, 0.4) is 0 Å². The molecule has 1 aliphatic rings. The Morgan fingerprint density at radius 3 is 2.64 bits per heavy atom. The molecule has 0 spiro atoms. The predicted octanol–water partition coefficient (Wildman–Crippen LogP) is 1.29. The van der Waals surface area contributed by atoms with Crippen LogP contribution in [0.1, 0.15) is 19.8 Å². The van der Waals surface area contributed by atoms with Crippen molar-refractivity contribution in [1.82, 2.24) is 10.2 Å². The third-order valence-corrected chi connectivity index (χ3v) is 2.95. The first kappa shape index (κ1) is 9.24. The molecule has 1 saturated carbocycles. The lowest BCUT2D eigenvalue weighted by Gasteiger charge is -2.25. The maximum absolute atomic E-state index is 5.48. The number of nitrogens with zero attached hydrogens (tertiary/aromatic N) is 3. The molecule has 1 fully saturated rings. The number of hydrogen-bond acceptors (Lipinski definition) is 4. The van der Waals surface area contributed by atoms with Crippen LogP contribution in [0.2, 0.25) is 0 Å². The third-order valence-electron chi connectivity index (χ3n) is 2.95. The van der Waals surface area contributed by atoms with Crippen LogP contribution in [0, 0.1) is 5.92 Å². The molecular formula is C10H16N4. The normalized spacial score (nSPS) is 17.9. The van der Waals surface area contributed by atoms with Gasteiger partial charge in [0.05, 0.1) is 0 Å². The summed E-state index contributed by atoms with van der Waals surface area (Å²) in [4.78, 5) is 2.17. The summed E-state index contributed by atoms with van der Waals surface area (Å²) in [6.45, 7) is 2.23. The van der Waals surface area contributed by atoms with E-state index in [0.717, 1.165) is 11.7 Å². The van der Waals surface area contributed by atoms with Crippen molar-refractivity contribution in [2.75, 3.05) is 17.7 Å². The number of nitrogen functional groups attached to an aromatic ring is 1. The van der Waals surface area contributed by atoms with E-state index in [1.807, 2.05) is 6.07 Å². The van der Waals surface area contributed by atoms with Crippen LogP contribution in [0.15, 0.2) is 12.1 Å². The van der Waals surface area contributed by atoms with Crippen LogP contribution in [0.5, 0.6) is 0 Å². The summed E-state index contributed by atoms with van der Waals surface area (Å²) in [6, 6.07) is 4.26. The first-order valence-electron chi connectivity index (χ1n) is 5.00. The molecule has 2 N–H and O–H groups in total. The number of rotatable bonds is 3.